The molecule has 3 aliphatic carbocycles. The topological polar surface area (TPSA) is 30.0 Å². The van der Waals surface area contributed by atoms with Crippen LogP contribution in [0.3, 0.4) is 0 Å². The maximum Gasteiger partial charge on any atom is 0.149 e. The minimum Gasteiger partial charge on any atom is -0.298 e. The van der Waals surface area contributed by atoms with Gasteiger partial charge in [-0.2, -0.15) is 0 Å². The zero-order valence-electron chi connectivity index (χ0n) is 9.63. The van der Waals surface area contributed by atoms with E-state index in [0.717, 1.165) is 22.8 Å². The van der Waals surface area contributed by atoms with Crippen LogP contribution in [0.1, 0.15) is 19.3 Å². The summed E-state index contributed by atoms with van der Waals surface area (Å²) in [6.07, 6.45) is 5.58. The molecule has 4 rings (SSSR count). The Morgan fingerprint density at radius 3 is 2.82 bits per heavy atom. The third kappa shape index (κ3) is 1.23. The molecule has 88 valence electrons. The zero-order valence-corrected chi connectivity index (χ0v) is 10.5. The van der Waals surface area contributed by atoms with Crippen LogP contribution < -0.4 is 0 Å². The first-order valence-corrected chi connectivity index (χ1v) is 7.35. The molecule has 3 aliphatic rings. The van der Waals surface area contributed by atoms with Crippen molar-refractivity contribution in [3.05, 3.63) is 24.4 Å². The molecular weight excluding hydrogens is 230 g/mol. The van der Waals surface area contributed by atoms with E-state index in [1.807, 2.05) is 18.2 Å². The molecule has 1 aromatic heterocycles. The third-order valence-corrected chi connectivity index (χ3v) is 6.00. The van der Waals surface area contributed by atoms with Crippen LogP contribution in [-0.2, 0) is 4.79 Å². The van der Waals surface area contributed by atoms with Gasteiger partial charge in [-0.1, -0.05) is 17.8 Å². The summed E-state index contributed by atoms with van der Waals surface area (Å²) in [5.74, 6) is 3.73. The lowest BCUT2D eigenvalue weighted by atomic mass is 9.28. The molecule has 0 amide bonds. The number of carbonyl (C=O) groups excluding carboxylic acids is 1. The Hall–Kier alpha value is -0.830. The first-order chi connectivity index (χ1) is 8.29. The Bertz CT molecular complexity index is 460. The molecule has 17 heavy (non-hydrogen) atoms. The van der Waals surface area contributed by atoms with E-state index in [4.69, 9.17) is 0 Å². The number of rotatable bonds is 4. The minimum absolute atomic E-state index is 0.134. The molecule has 0 bridgehead atoms. The lowest BCUT2D eigenvalue weighted by Crippen LogP contribution is -2.72. The Morgan fingerprint density at radius 1 is 1.41 bits per heavy atom. The van der Waals surface area contributed by atoms with E-state index in [0.29, 0.717) is 11.5 Å². The molecule has 0 radical (unpaired) electrons. The molecule has 2 nitrogen and oxygen atoms in total. The van der Waals surface area contributed by atoms with Crippen molar-refractivity contribution < 1.29 is 4.79 Å². The molecule has 0 saturated heterocycles. The average molecular weight is 245 g/mol. The highest BCUT2D eigenvalue weighted by molar-refractivity contribution is 7.99. The van der Waals surface area contributed by atoms with Crippen LogP contribution in [0.4, 0.5) is 0 Å². The van der Waals surface area contributed by atoms with Gasteiger partial charge in [0.2, 0.25) is 0 Å². The third-order valence-electron chi connectivity index (χ3n) is 5.06. The Balaban J connectivity index is 1.39. The van der Waals surface area contributed by atoms with Gasteiger partial charge in [0.25, 0.3) is 0 Å². The highest BCUT2D eigenvalue weighted by Crippen LogP contribution is 2.77. The van der Waals surface area contributed by atoms with Gasteiger partial charge in [-0.3, -0.25) is 4.79 Å². The van der Waals surface area contributed by atoms with Crippen molar-refractivity contribution in [2.45, 2.75) is 24.3 Å². The fraction of sp³-hybridized carbons (Fsp3) is 0.571. The number of Topliss-reactive ketones (excluding diaryl/α,β-unsaturated/α-hetero) is 1. The predicted octanol–water partition coefficient (Wildman–Crippen LogP) is 2.79. The minimum atomic E-state index is 0.134. The van der Waals surface area contributed by atoms with Crippen LogP contribution in [-0.4, -0.2) is 16.5 Å². The fourth-order valence-electron chi connectivity index (χ4n) is 4.29. The van der Waals surface area contributed by atoms with Gasteiger partial charge in [0.15, 0.2) is 0 Å². The van der Waals surface area contributed by atoms with Gasteiger partial charge >= 0.3 is 0 Å². The Kier molecular flexibility index (Phi) is 1.99. The summed E-state index contributed by atoms with van der Waals surface area (Å²) in [6, 6.07) is 5.86. The van der Waals surface area contributed by atoms with Crippen molar-refractivity contribution in [3.63, 3.8) is 0 Å². The van der Waals surface area contributed by atoms with Gasteiger partial charge in [-0.25, -0.2) is 4.98 Å². The van der Waals surface area contributed by atoms with Gasteiger partial charge in [0, 0.05) is 11.6 Å². The molecule has 3 fully saturated rings. The molecule has 2 unspecified atom stereocenters. The molecule has 2 atom stereocenters. The summed E-state index contributed by atoms with van der Waals surface area (Å²) in [5, 5.41) is 0.970. The summed E-state index contributed by atoms with van der Waals surface area (Å²) in [7, 11) is 0. The lowest BCUT2D eigenvalue weighted by Gasteiger charge is -2.75. The van der Waals surface area contributed by atoms with Crippen molar-refractivity contribution in [3.8, 4) is 0 Å². The van der Waals surface area contributed by atoms with Crippen molar-refractivity contribution in [2.24, 2.45) is 23.2 Å². The molecule has 0 aromatic carbocycles. The molecule has 3 heteroatoms. The monoisotopic (exact) mass is 245 g/mol. The molecule has 3 saturated carbocycles. The number of nitrogens with zero attached hydrogens (tertiary/aromatic N) is 1. The quantitative estimate of drug-likeness (QED) is 0.764. The van der Waals surface area contributed by atoms with Crippen molar-refractivity contribution in [1.29, 1.82) is 0 Å². The number of pyridine rings is 1. The van der Waals surface area contributed by atoms with Gasteiger partial charge in [-0.15, -0.1) is 0 Å². The number of hydrogen-bond donors (Lipinski definition) is 0. The van der Waals surface area contributed by atoms with E-state index >= 15 is 0 Å². The van der Waals surface area contributed by atoms with Gasteiger partial charge < -0.3 is 0 Å². The van der Waals surface area contributed by atoms with E-state index in [1.54, 1.807) is 18.0 Å². The zero-order chi connectivity index (χ0) is 11.5. The predicted molar refractivity (Wildman–Crippen MR) is 66.7 cm³/mol. The average Bonchev–Trinajstić information content (AvgIpc) is 2.36. The largest absolute Gasteiger partial charge is 0.298 e. The Labute approximate surface area is 105 Å². The van der Waals surface area contributed by atoms with Crippen molar-refractivity contribution in [1.82, 2.24) is 4.98 Å². The van der Waals surface area contributed by atoms with Crippen LogP contribution in [0.15, 0.2) is 29.4 Å². The van der Waals surface area contributed by atoms with Crippen LogP contribution in [0.5, 0.6) is 0 Å². The second-order valence-corrected chi connectivity index (χ2v) is 6.72. The maximum absolute atomic E-state index is 12.3. The fourth-order valence-corrected chi connectivity index (χ4v) is 5.17. The standard InChI is InChI=1S/C14H15NOS/c16-11(8-17-12-3-1-2-4-15-12)14-6-9-5-10(7-14)13(9)14/h1-4,9-10,13H,5-8H2. The normalized spacial score (nSPS) is 40.6. The highest BCUT2D eigenvalue weighted by atomic mass is 32.2. The molecule has 1 aromatic rings. The van der Waals surface area contributed by atoms with Crippen LogP contribution >= 0.6 is 11.8 Å². The smallest absolute Gasteiger partial charge is 0.149 e. The number of ketones is 1. The lowest BCUT2D eigenvalue weighted by molar-refractivity contribution is -0.255. The highest BCUT2D eigenvalue weighted by Gasteiger charge is 2.73. The van der Waals surface area contributed by atoms with Gasteiger partial charge in [0.1, 0.15) is 5.78 Å². The number of thioether (sulfide) groups is 1. The van der Waals surface area contributed by atoms with E-state index < -0.39 is 0 Å². The first kappa shape index (κ1) is 10.1. The maximum atomic E-state index is 12.3. The van der Waals surface area contributed by atoms with Crippen LogP contribution in [0.2, 0.25) is 0 Å². The summed E-state index contributed by atoms with van der Waals surface area (Å²) in [4.78, 5) is 16.5. The second kappa shape index (κ2) is 3.35. The van der Waals surface area contributed by atoms with E-state index in [2.05, 4.69) is 4.98 Å². The van der Waals surface area contributed by atoms with E-state index in [9.17, 15) is 4.79 Å². The van der Waals surface area contributed by atoms with Crippen LogP contribution in [0.25, 0.3) is 0 Å². The summed E-state index contributed by atoms with van der Waals surface area (Å²) in [5.41, 5.74) is 0.134. The molecule has 0 aliphatic heterocycles. The van der Waals surface area contributed by atoms with Crippen molar-refractivity contribution >= 4 is 17.5 Å². The van der Waals surface area contributed by atoms with Gasteiger partial charge in [0.05, 0.1) is 10.8 Å². The molecule has 1 heterocycles. The number of hydrogen-bond acceptors (Lipinski definition) is 3. The molecular formula is C14H15NOS. The first-order valence-electron chi connectivity index (χ1n) is 6.37. The molecule has 0 spiro atoms. The van der Waals surface area contributed by atoms with Crippen molar-refractivity contribution in [2.75, 3.05) is 5.75 Å². The Morgan fingerprint density at radius 2 is 2.24 bits per heavy atom. The van der Waals surface area contributed by atoms with E-state index in [1.165, 1.54) is 19.3 Å². The summed E-state index contributed by atoms with van der Waals surface area (Å²) in [6.45, 7) is 0. The summed E-state index contributed by atoms with van der Waals surface area (Å²) < 4.78 is 0. The van der Waals surface area contributed by atoms with Gasteiger partial charge in [-0.05, 0) is 49.1 Å². The second-order valence-electron chi connectivity index (χ2n) is 5.73. The molecule has 0 N–H and O–H groups in total. The SMILES string of the molecule is O=C(CSc1ccccn1)C12CC3CC(C1)C32. The van der Waals surface area contributed by atoms with Crippen LogP contribution in [0, 0.1) is 23.2 Å². The number of carbonyl (C=O) groups is 1. The summed E-state index contributed by atoms with van der Waals surface area (Å²) >= 11 is 1.60. The van der Waals surface area contributed by atoms with E-state index in [-0.39, 0.29) is 5.41 Å². The number of aromatic nitrogens is 1.